The van der Waals surface area contributed by atoms with E-state index in [1.807, 2.05) is 14.1 Å². The minimum atomic E-state index is -0.547. The molecule has 1 aliphatic heterocycles. The Kier molecular flexibility index (Phi) is 5.57. The molecular formula is C16H20F2N4S2. The highest BCUT2D eigenvalue weighted by molar-refractivity contribution is 8.00. The third-order valence-corrected chi connectivity index (χ3v) is 5.44. The lowest BCUT2D eigenvalue weighted by Gasteiger charge is -2.21. The summed E-state index contributed by atoms with van der Waals surface area (Å²) >= 11 is 2.33. The average Bonchev–Trinajstić information content (AvgIpc) is 3.17. The van der Waals surface area contributed by atoms with Crippen LogP contribution in [0.2, 0.25) is 0 Å². The van der Waals surface area contributed by atoms with E-state index in [1.165, 1.54) is 23.5 Å². The predicted octanol–water partition coefficient (Wildman–Crippen LogP) is 3.93. The van der Waals surface area contributed by atoms with Crippen LogP contribution in [0.25, 0.3) is 0 Å². The number of halogens is 2. The van der Waals surface area contributed by atoms with Gasteiger partial charge in [-0.2, -0.15) is 0 Å². The van der Waals surface area contributed by atoms with Gasteiger partial charge >= 0.3 is 0 Å². The molecule has 3 rings (SSSR count). The van der Waals surface area contributed by atoms with Crippen LogP contribution in [0.15, 0.2) is 27.9 Å². The highest BCUT2D eigenvalue weighted by Crippen LogP contribution is 2.32. The molecule has 4 nitrogen and oxygen atoms in total. The number of benzene rings is 1. The van der Waals surface area contributed by atoms with E-state index in [-0.39, 0.29) is 4.90 Å². The van der Waals surface area contributed by atoms with Crippen molar-refractivity contribution in [2.24, 2.45) is 5.92 Å². The third kappa shape index (κ3) is 4.17. The zero-order valence-corrected chi connectivity index (χ0v) is 15.3. The minimum Gasteiger partial charge on any atom is -0.371 e. The lowest BCUT2D eigenvalue weighted by Crippen LogP contribution is -2.25. The van der Waals surface area contributed by atoms with E-state index in [9.17, 15) is 8.78 Å². The fraction of sp³-hybridized carbons (Fsp3) is 0.438. The Morgan fingerprint density at radius 3 is 2.75 bits per heavy atom. The maximum absolute atomic E-state index is 14.3. The molecule has 2 aromatic rings. The number of aromatic nitrogens is 1. The Balaban J connectivity index is 1.68. The Bertz CT molecular complexity index is 656. The third-order valence-electron chi connectivity index (χ3n) is 3.95. The first-order valence-corrected chi connectivity index (χ1v) is 9.48. The normalized spacial score (nSPS) is 17.7. The second-order valence-electron chi connectivity index (χ2n) is 6.18. The molecule has 1 N–H and O–H groups in total. The molecule has 2 heterocycles. The summed E-state index contributed by atoms with van der Waals surface area (Å²) in [4.78, 5) is 8.21. The molecule has 0 spiro atoms. The van der Waals surface area contributed by atoms with Gasteiger partial charge in [-0.3, -0.25) is 0 Å². The molecule has 0 saturated carbocycles. The maximum atomic E-state index is 14.3. The Labute approximate surface area is 149 Å². The minimum absolute atomic E-state index is 0.0317. The van der Waals surface area contributed by atoms with Crippen molar-refractivity contribution in [1.82, 2.24) is 9.88 Å². The van der Waals surface area contributed by atoms with Crippen LogP contribution >= 0.6 is 23.3 Å². The Morgan fingerprint density at radius 1 is 1.38 bits per heavy atom. The molecule has 1 aromatic heterocycles. The maximum Gasteiger partial charge on any atom is 0.147 e. The largest absolute Gasteiger partial charge is 0.371 e. The van der Waals surface area contributed by atoms with Crippen molar-refractivity contribution < 1.29 is 8.78 Å². The van der Waals surface area contributed by atoms with Gasteiger partial charge in [-0.05, 0) is 50.5 Å². The molecule has 24 heavy (non-hydrogen) atoms. The van der Waals surface area contributed by atoms with Crippen molar-refractivity contribution in [2.75, 3.05) is 43.4 Å². The van der Waals surface area contributed by atoms with Crippen molar-refractivity contribution in [3.63, 3.8) is 0 Å². The van der Waals surface area contributed by atoms with Crippen molar-refractivity contribution >= 4 is 34.8 Å². The molecule has 130 valence electrons. The van der Waals surface area contributed by atoms with Gasteiger partial charge in [0.1, 0.15) is 22.3 Å². The van der Waals surface area contributed by atoms with Gasteiger partial charge in [-0.1, -0.05) is 0 Å². The number of nitrogens with one attached hydrogen (secondary N) is 1. The van der Waals surface area contributed by atoms with Crippen LogP contribution in [0.4, 0.5) is 20.3 Å². The summed E-state index contributed by atoms with van der Waals surface area (Å²) in [6.07, 6.45) is 1.04. The molecule has 0 amide bonds. The fourth-order valence-electron chi connectivity index (χ4n) is 2.93. The smallest absolute Gasteiger partial charge is 0.147 e. The molecule has 0 bridgehead atoms. The monoisotopic (exact) mass is 370 g/mol. The molecular weight excluding hydrogens is 350 g/mol. The van der Waals surface area contributed by atoms with E-state index >= 15 is 0 Å². The second-order valence-corrected chi connectivity index (χ2v) is 7.71. The zero-order valence-electron chi connectivity index (χ0n) is 13.6. The van der Waals surface area contributed by atoms with Crippen LogP contribution in [0.5, 0.6) is 0 Å². The molecule has 1 fully saturated rings. The number of nitrogens with zero attached hydrogens (tertiary/aromatic N) is 3. The first kappa shape index (κ1) is 17.4. The van der Waals surface area contributed by atoms with Gasteiger partial charge in [0, 0.05) is 30.7 Å². The summed E-state index contributed by atoms with van der Waals surface area (Å²) in [7, 11) is 4.09. The first-order chi connectivity index (χ1) is 11.5. The van der Waals surface area contributed by atoms with Gasteiger partial charge in [0.25, 0.3) is 0 Å². The van der Waals surface area contributed by atoms with Gasteiger partial charge in [-0.25, -0.2) is 13.8 Å². The molecule has 0 radical (unpaired) electrons. The number of anilines is 2. The Hall–Kier alpha value is -1.38. The number of hydrogen-bond donors (Lipinski definition) is 1. The summed E-state index contributed by atoms with van der Waals surface area (Å²) in [6.45, 7) is 2.66. The van der Waals surface area contributed by atoms with Crippen molar-refractivity contribution in [1.29, 1.82) is 0 Å². The van der Waals surface area contributed by atoms with Gasteiger partial charge in [0.05, 0.1) is 5.51 Å². The Morgan fingerprint density at radius 2 is 2.12 bits per heavy atom. The van der Waals surface area contributed by atoms with Crippen LogP contribution in [0, 0.1) is 17.6 Å². The summed E-state index contributed by atoms with van der Waals surface area (Å²) in [5.41, 5.74) is 2.28. The molecule has 1 atom stereocenters. The van der Waals surface area contributed by atoms with Gasteiger partial charge in [0.15, 0.2) is 0 Å². The number of hydrogen-bond acceptors (Lipinski definition) is 6. The van der Waals surface area contributed by atoms with Crippen LogP contribution < -0.4 is 9.62 Å². The van der Waals surface area contributed by atoms with Gasteiger partial charge < -0.3 is 14.5 Å². The quantitative estimate of drug-likeness (QED) is 0.779. The van der Waals surface area contributed by atoms with Crippen molar-refractivity contribution in [3.05, 3.63) is 34.7 Å². The molecule has 1 saturated heterocycles. The standard InChI is InChI=1S/C16H20F2N4S2/c1-21(2)7-11-3-4-22(8-11)12-5-13(17)16(14(18)6-12)24-20-15-9-23-10-19-15/h5-6,9-11,20H,3-4,7-8H2,1-2H3. The van der Waals surface area contributed by atoms with Gasteiger partial charge in [-0.15, -0.1) is 11.3 Å². The van der Waals surface area contributed by atoms with E-state index in [0.717, 1.165) is 38.0 Å². The predicted molar refractivity (Wildman–Crippen MR) is 96.8 cm³/mol. The SMILES string of the molecule is CN(C)CC1CCN(c2cc(F)c(SNc3cscn3)c(F)c2)C1. The number of rotatable bonds is 6. The highest BCUT2D eigenvalue weighted by atomic mass is 32.2. The van der Waals surface area contributed by atoms with E-state index in [0.29, 0.717) is 17.4 Å². The second kappa shape index (κ2) is 7.67. The highest BCUT2D eigenvalue weighted by Gasteiger charge is 2.25. The first-order valence-electron chi connectivity index (χ1n) is 7.72. The summed E-state index contributed by atoms with van der Waals surface area (Å²) in [5.74, 6) is 0.0352. The van der Waals surface area contributed by atoms with E-state index < -0.39 is 11.6 Å². The van der Waals surface area contributed by atoms with Crippen LogP contribution in [-0.2, 0) is 0 Å². The average molecular weight is 370 g/mol. The lowest BCUT2D eigenvalue weighted by molar-refractivity contribution is 0.340. The van der Waals surface area contributed by atoms with Crippen LogP contribution in [-0.4, -0.2) is 43.6 Å². The van der Waals surface area contributed by atoms with Crippen LogP contribution in [0.3, 0.4) is 0 Å². The van der Waals surface area contributed by atoms with E-state index in [1.54, 1.807) is 10.9 Å². The molecule has 1 unspecified atom stereocenters. The summed E-state index contributed by atoms with van der Waals surface area (Å²) < 4.78 is 31.6. The summed E-state index contributed by atoms with van der Waals surface area (Å²) in [5, 5.41) is 1.78. The topological polar surface area (TPSA) is 31.4 Å². The summed E-state index contributed by atoms with van der Waals surface area (Å²) in [6, 6.07) is 2.85. The molecule has 0 aliphatic carbocycles. The number of thiazole rings is 1. The lowest BCUT2D eigenvalue weighted by atomic mass is 10.1. The molecule has 8 heteroatoms. The van der Waals surface area contributed by atoms with Crippen molar-refractivity contribution in [2.45, 2.75) is 11.3 Å². The molecule has 1 aromatic carbocycles. The van der Waals surface area contributed by atoms with E-state index in [4.69, 9.17) is 0 Å². The molecule has 1 aliphatic rings. The van der Waals surface area contributed by atoms with Crippen LogP contribution in [0.1, 0.15) is 6.42 Å². The fourth-order valence-corrected chi connectivity index (χ4v) is 4.12. The van der Waals surface area contributed by atoms with Gasteiger partial charge in [0.2, 0.25) is 0 Å². The van der Waals surface area contributed by atoms with Crippen molar-refractivity contribution in [3.8, 4) is 0 Å². The zero-order chi connectivity index (χ0) is 17.1. The van der Waals surface area contributed by atoms with E-state index in [2.05, 4.69) is 19.5 Å².